The Morgan fingerprint density at radius 3 is 2.69 bits per heavy atom. The molecule has 0 saturated carbocycles. The largest absolute Gasteiger partial charge is 0.481 e. The van der Waals surface area contributed by atoms with Crippen LogP contribution in [0.5, 0.6) is 0 Å². The highest BCUT2D eigenvalue weighted by Gasteiger charge is 2.12. The second kappa shape index (κ2) is 4.84. The van der Waals surface area contributed by atoms with Gasteiger partial charge in [-0.2, -0.15) is 0 Å². The van der Waals surface area contributed by atoms with Crippen molar-refractivity contribution < 1.29 is 18.3 Å². The summed E-state index contributed by atoms with van der Waals surface area (Å²) >= 11 is 0. The van der Waals surface area contributed by atoms with Crippen LogP contribution in [0.2, 0.25) is 0 Å². The number of benzene rings is 1. The normalized spacial score (nSPS) is 11.0. The van der Waals surface area contributed by atoms with Crippen LogP contribution in [0, 0.1) is 0 Å². The molecule has 0 unspecified atom stereocenters. The molecule has 16 heavy (non-hydrogen) atoms. The molecule has 0 atom stereocenters. The third-order valence-electron chi connectivity index (χ3n) is 1.74. The second-order valence-corrected chi connectivity index (χ2v) is 5.03. The molecule has 1 rings (SSSR count). The Labute approximate surface area is 93.1 Å². The van der Waals surface area contributed by atoms with Gasteiger partial charge in [-0.15, -0.1) is 0 Å². The van der Waals surface area contributed by atoms with E-state index in [9.17, 15) is 13.2 Å². The first-order valence-electron chi connectivity index (χ1n) is 4.47. The molecule has 7 heteroatoms. The van der Waals surface area contributed by atoms with Crippen molar-refractivity contribution in [2.24, 2.45) is 0 Å². The predicted octanol–water partition coefficient (Wildman–Crippen LogP) is 0.485. The van der Waals surface area contributed by atoms with E-state index in [-0.39, 0.29) is 0 Å². The number of rotatable bonds is 5. The van der Waals surface area contributed by atoms with E-state index in [1.165, 1.54) is 12.1 Å². The van der Waals surface area contributed by atoms with Crippen LogP contribution in [0.3, 0.4) is 0 Å². The summed E-state index contributed by atoms with van der Waals surface area (Å²) < 4.78 is 25.0. The smallest absolute Gasteiger partial charge is 0.304 e. The van der Waals surface area contributed by atoms with Crippen LogP contribution in [-0.2, 0) is 14.8 Å². The van der Waals surface area contributed by atoms with Crippen LogP contribution in [0.1, 0.15) is 6.42 Å². The van der Waals surface area contributed by atoms with Gasteiger partial charge >= 0.3 is 5.97 Å². The average Bonchev–Trinajstić information content (AvgIpc) is 2.14. The minimum Gasteiger partial charge on any atom is -0.481 e. The van der Waals surface area contributed by atoms with Gasteiger partial charge in [0.1, 0.15) is 0 Å². The number of nitrogen functional groups attached to an aromatic ring is 1. The number of aliphatic carboxylic acids is 1. The summed E-state index contributed by atoms with van der Waals surface area (Å²) in [6.45, 7) is 0. The fourth-order valence-corrected chi connectivity index (χ4v) is 2.09. The minimum atomic E-state index is -3.63. The number of carbonyl (C=O) groups is 1. The van der Waals surface area contributed by atoms with Crippen molar-refractivity contribution in [1.82, 2.24) is 0 Å². The van der Waals surface area contributed by atoms with Crippen molar-refractivity contribution in [3.8, 4) is 0 Å². The fraction of sp³-hybridized carbons (Fsp3) is 0.222. The number of carboxylic acid groups (broad SMARTS) is 1. The number of carboxylic acids is 1. The molecule has 0 aliphatic carbocycles. The summed E-state index contributed by atoms with van der Waals surface area (Å²) in [6.07, 6.45) is -0.433. The maximum atomic E-state index is 11.4. The van der Waals surface area contributed by atoms with Crippen LogP contribution in [0.15, 0.2) is 24.3 Å². The van der Waals surface area contributed by atoms with Gasteiger partial charge in [0.25, 0.3) is 0 Å². The van der Waals surface area contributed by atoms with E-state index in [1.54, 1.807) is 12.1 Å². The monoisotopic (exact) mass is 244 g/mol. The molecule has 0 aliphatic heterocycles. The summed E-state index contributed by atoms with van der Waals surface area (Å²) in [5.41, 5.74) is 6.22. The molecule has 0 saturated heterocycles. The van der Waals surface area contributed by atoms with E-state index in [0.29, 0.717) is 11.4 Å². The van der Waals surface area contributed by atoms with Crippen molar-refractivity contribution in [1.29, 1.82) is 0 Å². The van der Waals surface area contributed by atoms with Crippen molar-refractivity contribution in [3.05, 3.63) is 24.3 Å². The molecule has 0 amide bonds. The predicted molar refractivity (Wildman–Crippen MR) is 60.5 cm³/mol. The average molecular weight is 244 g/mol. The molecular weight excluding hydrogens is 232 g/mol. The van der Waals surface area contributed by atoms with Crippen LogP contribution in [0.25, 0.3) is 0 Å². The van der Waals surface area contributed by atoms with Gasteiger partial charge in [-0.25, -0.2) is 8.42 Å². The summed E-state index contributed by atoms with van der Waals surface area (Å²) in [7, 11) is -3.63. The molecule has 0 aliphatic rings. The van der Waals surface area contributed by atoms with Gasteiger partial charge in [0, 0.05) is 5.69 Å². The Balaban J connectivity index is 2.69. The maximum Gasteiger partial charge on any atom is 0.304 e. The number of anilines is 2. The van der Waals surface area contributed by atoms with Crippen LogP contribution in [0.4, 0.5) is 11.4 Å². The Morgan fingerprint density at radius 1 is 1.44 bits per heavy atom. The number of nitrogens with two attached hydrogens (primary N) is 1. The molecule has 0 radical (unpaired) electrons. The van der Waals surface area contributed by atoms with Gasteiger partial charge in [0.15, 0.2) is 0 Å². The molecule has 88 valence electrons. The van der Waals surface area contributed by atoms with Crippen LogP contribution in [-0.4, -0.2) is 25.2 Å². The summed E-state index contributed by atoms with van der Waals surface area (Å²) in [6, 6.07) is 6.21. The van der Waals surface area contributed by atoms with Crippen molar-refractivity contribution in [2.75, 3.05) is 16.2 Å². The zero-order valence-electron chi connectivity index (χ0n) is 8.38. The Hall–Kier alpha value is -1.76. The van der Waals surface area contributed by atoms with Gasteiger partial charge in [-0.05, 0) is 18.2 Å². The van der Waals surface area contributed by atoms with E-state index < -0.39 is 28.2 Å². The first-order chi connectivity index (χ1) is 7.39. The fourth-order valence-electron chi connectivity index (χ4n) is 1.05. The zero-order chi connectivity index (χ0) is 12.2. The van der Waals surface area contributed by atoms with Gasteiger partial charge in [-0.3, -0.25) is 9.52 Å². The molecule has 6 nitrogen and oxygen atoms in total. The Morgan fingerprint density at radius 2 is 2.12 bits per heavy atom. The van der Waals surface area contributed by atoms with E-state index in [2.05, 4.69) is 4.72 Å². The third-order valence-corrected chi connectivity index (χ3v) is 3.03. The minimum absolute atomic E-state index is 0.324. The number of hydrogen-bond acceptors (Lipinski definition) is 4. The molecule has 0 heterocycles. The van der Waals surface area contributed by atoms with E-state index in [0.717, 1.165) is 0 Å². The molecular formula is C9H12N2O4S. The summed E-state index contributed by atoms with van der Waals surface area (Å²) in [4.78, 5) is 10.2. The van der Waals surface area contributed by atoms with Crippen molar-refractivity contribution in [3.63, 3.8) is 0 Å². The highest BCUT2D eigenvalue weighted by molar-refractivity contribution is 7.92. The van der Waals surface area contributed by atoms with Crippen molar-refractivity contribution >= 4 is 27.4 Å². The summed E-state index contributed by atoms with van der Waals surface area (Å²) in [5, 5.41) is 8.37. The molecule has 0 bridgehead atoms. The third kappa shape index (κ3) is 4.18. The van der Waals surface area contributed by atoms with Crippen LogP contribution < -0.4 is 10.5 Å². The molecule has 1 aromatic rings. The highest BCUT2D eigenvalue weighted by Crippen LogP contribution is 2.13. The quantitative estimate of drug-likeness (QED) is 0.653. The SMILES string of the molecule is Nc1cccc(NS(=O)(=O)CCC(=O)O)c1. The standard InChI is InChI=1S/C9H12N2O4S/c10-7-2-1-3-8(6-7)11-16(14,15)5-4-9(12)13/h1-3,6,11H,4-5,10H2,(H,12,13). The van der Waals surface area contributed by atoms with Gasteiger partial charge in [0.05, 0.1) is 17.9 Å². The van der Waals surface area contributed by atoms with Crippen LogP contribution >= 0.6 is 0 Å². The van der Waals surface area contributed by atoms with Gasteiger partial charge in [-0.1, -0.05) is 6.07 Å². The van der Waals surface area contributed by atoms with E-state index in [4.69, 9.17) is 10.8 Å². The molecule has 4 N–H and O–H groups in total. The summed E-state index contributed by atoms with van der Waals surface area (Å²) in [5.74, 6) is -1.62. The molecule has 0 aromatic heterocycles. The molecule has 0 fully saturated rings. The lowest BCUT2D eigenvalue weighted by molar-refractivity contribution is -0.136. The lowest BCUT2D eigenvalue weighted by atomic mass is 10.3. The first kappa shape index (κ1) is 12.3. The topological polar surface area (TPSA) is 109 Å². The number of sulfonamides is 1. The van der Waals surface area contributed by atoms with E-state index >= 15 is 0 Å². The second-order valence-electron chi connectivity index (χ2n) is 3.19. The maximum absolute atomic E-state index is 11.4. The zero-order valence-corrected chi connectivity index (χ0v) is 9.20. The van der Waals surface area contributed by atoms with Gasteiger partial charge in [0.2, 0.25) is 10.0 Å². The highest BCUT2D eigenvalue weighted by atomic mass is 32.2. The first-order valence-corrected chi connectivity index (χ1v) is 6.12. The molecule has 1 aromatic carbocycles. The Kier molecular flexibility index (Phi) is 3.73. The van der Waals surface area contributed by atoms with E-state index in [1.807, 2.05) is 0 Å². The lowest BCUT2D eigenvalue weighted by Gasteiger charge is -2.07. The number of nitrogens with one attached hydrogen (secondary N) is 1. The van der Waals surface area contributed by atoms with Gasteiger partial charge < -0.3 is 10.8 Å². The lowest BCUT2D eigenvalue weighted by Crippen LogP contribution is -2.18. The van der Waals surface area contributed by atoms with Crippen molar-refractivity contribution in [2.45, 2.75) is 6.42 Å². The molecule has 0 spiro atoms. The number of hydrogen-bond donors (Lipinski definition) is 3. The Bertz CT molecular complexity index is 484.